The quantitative estimate of drug-likeness (QED) is 0.846. The number of anilines is 2. The minimum Gasteiger partial charge on any atom is -0.388 e. The summed E-state index contributed by atoms with van der Waals surface area (Å²) >= 11 is 0. The van der Waals surface area contributed by atoms with E-state index in [2.05, 4.69) is 34.5 Å². The van der Waals surface area contributed by atoms with Crippen molar-refractivity contribution in [2.45, 2.75) is 18.9 Å². The molecule has 3 rings (SSSR count). The zero-order chi connectivity index (χ0) is 14.7. The van der Waals surface area contributed by atoms with Crippen LogP contribution < -0.4 is 10.2 Å². The molecular formula is C18H22N2O. The molecule has 110 valence electrons. The first kappa shape index (κ1) is 14.1. The molecule has 0 amide bonds. The van der Waals surface area contributed by atoms with Crippen molar-refractivity contribution in [1.82, 2.24) is 5.32 Å². The molecule has 1 aliphatic rings. The molecule has 0 aliphatic carbocycles. The Bertz CT molecular complexity index is 612. The molecule has 0 fully saturated rings. The largest absolute Gasteiger partial charge is 0.388 e. The number of benzene rings is 2. The Morgan fingerprint density at radius 2 is 1.81 bits per heavy atom. The van der Waals surface area contributed by atoms with Crippen LogP contribution in [0.3, 0.4) is 0 Å². The highest BCUT2D eigenvalue weighted by Crippen LogP contribution is 2.39. The van der Waals surface area contributed by atoms with Crippen molar-refractivity contribution in [2.75, 3.05) is 25.0 Å². The van der Waals surface area contributed by atoms with E-state index in [4.69, 9.17) is 0 Å². The Hall–Kier alpha value is -1.84. The van der Waals surface area contributed by atoms with E-state index < -0.39 is 6.10 Å². The molecule has 0 unspecified atom stereocenters. The number of hydrogen-bond donors (Lipinski definition) is 2. The van der Waals surface area contributed by atoms with Gasteiger partial charge in [-0.2, -0.15) is 0 Å². The summed E-state index contributed by atoms with van der Waals surface area (Å²) in [6.07, 6.45) is 1.31. The molecule has 21 heavy (non-hydrogen) atoms. The van der Waals surface area contributed by atoms with Crippen molar-refractivity contribution in [1.29, 1.82) is 0 Å². The molecular weight excluding hydrogens is 260 g/mol. The van der Waals surface area contributed by atoms with E-state index in [1.807, 2.05) is 31.3 Å². The Kier molecular flexibility index (Phi) is 4.23. The SMILES string of the molecule is CNCCCN1c2ccccc2C[C@H](O)c2ccccc21. The predicted octanol–water partition coefficient (Wildman–Crippen LogP) is 3.02. The third-order valence-electron chi connectivity index (χ3n) is 4.09. The Labute approximate surface area is 126 Å². The topological polar surface area (TPSA) is 35.5 Å². The van der Waals surface area contributed by atoms with Crippen molar-refractivity contribution < 1.29 is 5.11 Å². The first-order valence-electron chi connectivity index (χ1n) is 7.58. The molecule has 3 heteroatoms. The van der Waals surface area contributed by atoms with Crippen molar-refractivity contribution in [3.8, 4) is 0 Å². The molecule has 0 spiro atoms. The highest BCUT2D eigenvalue weighted by atomic mass is 16.3. The van der Waals surface area contributed by atoms with Crippen molar-refractivity contribution in [2.24, 2.45) is 0 Å². The van der Waals surface area contributed by atoms with E-state index >= 15 is 0 Å². The zero-order valence-electron chi connectivity index (χ0n) is 12.4. The van der Waals surface area contributed by atoms with Gasteiger partial charge >= 0.3 is 0 Å². The standard InChI is InChI=1S/C18H22N2O/c1-19-11-6-12-20-16-9-4-2-7-14(16)13-18(21)15-8-3-5-10-17(15)20/h2-5,7-10,18-19,21H,6,11-13H2,1H3/t18-/m0/s1. The fraction of sp³-hybridized carbons (Fsp3) is 0.333. The number of para-hydroxylation sites is 2. The summed E-state index contributed by atoms with van der Waals surface area (Å²) in [6, 6.07) is 16.6. The molecule has 1 atom stereocenters. The molecule has 0 aromatic heterocycles. The summed E-state index contributed by atoms with van der Waals surface area (Å²) in [5.41, 5.74) is 4.59. The van der Waals surface area contributed by atoms with Gasteiger partial charge in [-0.3, -0.25) is 0 Å². The first-order chi connectivity index (χ1) is 10.3. The number of nitrogens with zero attached hydrogens (tertiary/aromatic N) is 1. The first-order valence-corrected chi connectivity index (χ1v) is 7.58. The van der Waals surface area contributed by atoms with Crippen molar-refractivity contribution >= 4 is 11.4 Å². The van der Waals surface area contributed by atoms with E-state index in [1.165, 1.54) is 11.3 Å². The summed E-state index contributed by atoms with van der Waals surface area (Å²) in [6.45, 7) is 1.94. The number of aliphatic hydroxyl groups is 1. The summed E-state index contributed by atoms with van der Waals surface area (Å²) in [5.74, 6) is 0. The van der Waals surface area contributed by atoms with Crippen molar-refractivity contribution in [3.63, 3.8) is 0 Å². The number of hydrogen-bond acceptors (Lipinski definition) is 3. The lowest BCUT2D eigenvalue weighted by molar-refractivity contribution is 0.180. The fourth-order valence-electron chi connectivity index (χ4n) is 3.06. The number of fused-ring (bicyclic) bond motifs is 2. The van der Waals surface area contributed by atoms with Crippen LogP contribution >= 0.6 is 0 Å². The average Bonchev–Trinajstić information content (AvgIpc) is 2.63. The minimum absolute atomic E-state index is 0.434. The highest BCUT2D eigenvalue weighted by molar-refractivity contribution is 5.71. The Morgan fingerprint density at radius 3 is 2.62 bits per heavy atom. The zero-order valence-corrected chi connectivity index (χ0v) is 12.4. The van der Waals surface area contributed by atoms with Gasteiger partial charge in [0, 0.05) is 29.9 Å². The van der Waals surface area contributed by atoms with Crippen LogP contribution in [-0.2, 0) is 6.42 Å². The number of rotatable bonds is 4. The summed E-state index contributed by atoms with van der Waals surface area (Å²) in [4.78, 5) is 2.35. The highest BCUT2D eigenvalue weighted by Gasteiger charge is 2.24. The Balaban J connectivity index is 2.05. The molecule has 0 saturated heterocycles. The molecule has 0 radical (unpaired) electrons. The third kappa shape index (κ3) is 2.80. The maximum absolute atomic E-state index is 10.5. The summed E-state index contributed by atoms with van der Waals surface area (Å²) < 4.78 is 0. The smallest absolute Gasteiger partial charge is 0.0851 e. The van der Waals surface area contributed by atoms with Gasteiger partial charge < -0.3 is 15.3 Å². The maximum atomic E-state index is 10.5. The van der Waals surface area contributed by atoms with Crippen LogP contribution in [0.25, 0.3) is 0 Å². The molecule has 1 heterocycles. The van der Waals surface area contributed by atoms with Gasteiger partial charge in [0.25, 0.3) is 0 Å². The second-order valence-corrected chi connectivity index (χ2v) is 5.52. The monoisotopic (exact) mass is 282 g/mol. The van der Waals surface area contributed by atoms with E-state index in [-0.39, 0.29) is 0 Å². The lowest BCUT2D eigenvalue weighted by Gasteiger charge is -2.27. The Morgan fingerprint density at radius 1 is 1.10 bits per heavy atom. The molecule has 1 aliphatic heterocycles. The molecule has 0 bridgehead atoms. The van der Waals surface area contributed by atoms with Gasteiger partial charge in [-0.25, -0.2) is 0 Å². The molecule has 2 N–H and O–H groups in total. The van der Waals surface area contributed by atoms with Crippen LogP contribution in [0, 0.1) is 0 Å². The normalized spacial score (nSPS) is 17.0. The second kappa shape index (κ2) is 6.29. The second-order valence-electron chi connectivity index (χ2n) is 5.52. The molecule has 2 aromatic carbocycles. The third-order valence-corrected chi connectivity index (χ3v) is 4.09. The number of nitrogens with one attached hydrogen (secondary N) is 1. The predicted molar refractivity (Wildman–Crippen MR) is 87.1 cm³/mol. The van der Waals surface area contributed by atoms with E-state index in [1.54, 1.807) is 0 Å². The van der Waals surface area contributed by atoms with Gasteiger partial charge in [0.2, 0.25) is 0 Å². The lowest BCUT2D eigenvalue weighted by Crippen LogP contribution is -2.23. The lowest BCUT2D eigenvalue weighted by atomic mass is 10.0. The van der Waals surface area contributed by atoms with Gasteiger partial charge in [0.15, 0.2) is 0 Å². The van der Waals surface area contributed by atoms with E-state index in [9.17, 15) is 5.11 Å². The van der Waals surface area contributed by atoms with Gasteiger partial charge in [0.1, 0.15) is 0 Å². The van der Waals surface area contributed by atoms with Crippen LogP contribution in [-0.4, -0.2) is 25.2 Å². The molecule has 2 aromatic rings. The van der Waals surface area contributed by atoms with Crippen LogP contribution in [0.15, 0.2) is 48.5 Å². The summed E-state index contributed by atoms with van der Waals surface area (Å²) in [5, 5.41) is 13.7. The van der Waals surface area contributed by atoms with Gasteiger partial charge in [-0.05, 0) is 37.7 Å². The van der Waals surface area contributed by atoms with Crippen LogP contribution in [0.2, 0.25) is 0 Å². The van der Waals surface area contributed by atoms with Gasteiger partial charge in [-0.1, -0.05) is 36.4 Å². The van der Waals surface area contributed by atoms with E-state index in [0.717, 1.165) is 30.8 Å². The van der Waals surface area contributed by atoms with Gasteiger partial charge in [-0.15, -0.1) is 0 Å². The van der Waals surface area contributed by atoms with Gasteiger partial charge in [0.05, 0.1) is 6.10 Å². The summed E-state index contributed by atoms with van der Waals surface area (Å²) in [7, 11) is 1.98. The van der Waals surface area contributed by atoms with E-state index in [0.29, 0.717) is 6.42 Å². The minimum atomic E-state index is -0.434. The van der Waals surface area contributed by atoms with Crippen LogP contribution in [0.1, 0.15) is 23.7 Å². The van der Waals surface area contributed by atoms with Crippen molar-refractivity contribution in [3.05, 3.63) is 59.7 Å². The fourth-order valence-corrected chi connectivity index (χ4v) is 3.06. The van der Waals surface area contributed by atoms with Crippen LogP contribution in [0.5, 0.6) is 0 Å². The molecule has 3 nitrogen and oxygen atoms in total. The number of aliphatic hydroxyl groups excluding tert-OH is 1. The maximum Gasteiger partial charge on any atom is 0.0851 e. The van der Waals surface area contributed by atoms with Crippen LogP contribution in [0.4, 0.5) is 11.4 Å². The average molecular weight is 282 g/mol. The molecule has 0 saturated carbocycles.